The summed E-state index contributed by atoms with van der Waals surface area (Å²) in [6, 6.07) is 0. The second kappa shape index (κ2) is 8.09. The SMILES string of the molecule is C=C(C)C(=O)NCC(CN(C)C(=O)C(=C)C)OP(=O)(O)O. The molecule has 0 radical (unpaired) electrons. The Labute approximate surface area is 123 Å². The molecule has 0 fully saturated rings. The van der Waals surface area contributed by atoms with Crippen LogP contribution in [0, 0.1) is 0 Å². The van der Waals surface area contributed by atoms with E-state index in [9.17, 15) is 14.2 Å². The minimum absolute atomic E-state index is 0.118. The van der Waals surface area contributed by atoms with Crippen LogP contribution in [0.1, 0.15) is 13.8 Å². The maximum atomic E-state index is 11.7. The van der Waals surface area contributed by atoms with Crippen LogP contribution in [-0.2, 0) is 18.7 Å². The van der Waals surface area contributed by atoms with Crippen LogP contribution in [0.2, 0.25) is 0 Å². The highest BCUT2D eigenvalue weighted by atomic mass is 31.2. The number of phosphoric ester groups is 1. The van der Waals surface area contributed by atoms with Gasteiger partial charge in [0, 0.05) is 31.3 Å². The van der Waals surface area contributed by atoms with Crippen molar-refractivity contribution in [3.63, 3.8) is 0 Å². The van der Waals surface area contributed by atoms with Crippen LogP contribution in [0.3, 0.4) is 0 Å². The maximum absolute atomic E-state index is 11.7. The van der Waals surface area contributed by atoms with Crippen LogP contribution in [-0.4, -0.2) is 52.7 Å². The Balaban J connectivity index is 4.78. The van der Waals surface area contributed by atoms with Crippen molar-refractivity contribution in [3.05, 3.63) is 24.3 Å². The molecule has 120 valence electrons. The molecule has 0 aromatic heterocycles. The Hall–Kier alpha value is -1.47. The molecular formula is C12H21N2O6P. The van der Waals surface area contributed by atoms with E-state index >= 15 is 0 Å². The van der Waals surface area contributed by atoms with E-state index in [-0.39, 0.29) is 30.1 Å². The minimum Gasteiger partial charge on any atom is -0.350 e. The van der Waals surface area contributed by atoms with Gasteiger partial charge in [0.2, 0.25) is 11.8 Å². The molecule has 0 saturated carbocycles. The Morgan fingerprint density at radius 1 is 1.29 bits per heavy atom. The first kappa shape index (κ1) is 19.5. The summed E-state index contributed by atoms with van der Waals surface area (Å²) in [5, 5.41) is 2.41. The van der Waals surface area contributed by atoms with Crippen LogP contribution >= 0.6 is 7.82 Å². The van der Waals surface area contributed by atoms with Gasteiger partial charge in [0.25, 0.3) is 0 Å². The molecule has 0 aromatic carbocycles. The summed E-state index contributed by atoms with van der Waals surface area (Å²) < 4.78 is 15.5. The monoisotopic (exact) mass is 320 g/mol. The molecule has 0 spiro atoms. The van der Waals surface area contributed by atoms with Gasteiger partial charge in [-0.3, -0.25) is 14.1 Å². The number of carbonyl (C=O) groups is 2. The Bertz CT molecular complexity index is 484. The van der Waals surface area contributed by atoms with E-state index in [1.165, 1.54) is 25.8 Å². The summed E-state index contributed by atoms with van der Waals surface area (Å²) in [7, 11) is -3.31. The fraction of sp³-hybridized carbons (Fsp3) is 0.500. The molecule has 0 aliphatic carbocycles. The second-order valence-electron chi connectivity index (χ2n) is 4.67. The van der Waals surface area contributed by atoms with Crippen molar-refractivity contribution >= 4 is 19.6 Å². The first-order valence-corrected chi connectivity index (χ1v) is 7.55. The number of likely N-dealkylation sites (N-methyl/N-ethyl adjacent to an activating group) is 1. The number of hydrogen-bond acceptors (Lipinski definition) is 4. The van der Waals surface area contributed by atoms with Crippen molar-refractivity contribution in [2.24, 2.45) is 0 Å². The number of phosphoric acid groups is 1. The van der Waals surface area contributed by atoms with Gasteiger partial charge >= 0.3 is 7.82 Å². The highest BCUT2D eigenvalue weighted by Crippen LogP contribution is 2.37. The highest BCUT2D eigenvalue weighted by molar-refractivity contribution is 7.46. The molecule has 21 heavy (non-hydrogen) atoms. The van der Waals surface area contributed by atoms with E-state index in [1.54, 1.807) is 0 Å². The molecule has 0 aliphatic heterocycles. The van der Waals surface area contributed by atoms with Gasteiger partial charge in [-0.1, -0.05) is 13.2 Å². The van der Waals surface area contributed by atoms with E-state index in [1.807, 2.05) is 0 Å². The molecule has 9 heteroatoms. The molecular weight excluding hydrogens is 299 g/mol. The van der Waals surface area contributed by atoms with Crippen molar-refractivity contribution in [1.82, 2.24) is 10.2 Å². The standard InChI is InChI=1S/C12H21N2O6P/c1-8(2)11(15)13-6-10(20-21(17,18)19)7-14(5)12(16)9(3)4/h10H,1,3,6-7H2,2,4-5H3,(H,13,15)(H2,17,18,19). The quantitative estimate of drug-likeness (QED) is 0.434. The van der Waals surface area contributed by atoms with E-state index < -0.39 is 19.8 Å². The largest absolute Gasteiger partial charge is 0.469 e. The summed E-state index contributed by atoms with van der Waals surface area (Å²) >= 11 is 0. The molecule has 1 atom stereocenters. The predicted octanol–water partition coefficient (Wildman–Crippen LogP) is 0.191. The zero-order valence-electron chi connectivity index (χ0n) is 12.3. The van der Waals surface area contributed by atoms with Crippen LogP contribution < -0.4 is 5.32 Å². The average molecular weight is 320 g/mol. The van der Waals surface area contributed by atoms with Gasteiger partial charge in [-0.15, -0.1) is 0 Å². The van der Waals surface area contributed by atoms with Crippen molar-refractivity contribution in [2.75, 3.05) is 20.1 Å². The molecule has 0 aromatic rings. The van der Waals surface area contributed by atoms with Gasteiger partial charge in [0.1, 0.15) is 6.10 Å². The summed E-state index contributed by atoms with van der Waals surface area (Å²) in [5.74, 6) is -0.858. The third-order valence-corrected chi connectivity index (χ3v) is 2.93. The molecule has 0 aliphatic rings. The third kappa shape index (κ3) is 8.41. The normalized spacial score (nSPS) is 12.4. The molecule has 2 amide bonds. The first-order valence-electron chi connectivity index (χ1n) is 6.02. The van der Waals surface area contributed by atoms with E-state index in [0.717, 1.165) is 0 Å². The highest BCUT2D eigenvalue weighted by Gasteiger charge is 2.25. The maximum Gasteiger partial charge on any atom is 0.469 e. The van der Waals surface area contributed by atoms with E-state index in [2.05, 4.69) is 23.0 Å². The Morgan fingerprint density at radius 2 is 1.81 bits per heavy atom. The van der Waals surface area contributed by atoms with Gasteiger partial charge in [0.15, 0.2) is 0 Å². The van der Waals surface area contributed by atoms with Gasteiger partial charge in [-0.05, 0) is 13.8 Å². The number of carbonyl (C=O) groups excluding carboxylic acids is 2. The van der Waals surface area contributed by atoms with Crippen LogP contribution in [0.25, 0.3) is 0 Å². The fourth-order valence-corrected chi connectivity index (χ4v) is 1.93. The molecule has 0 rings (SSSR count). The first-order chi connectivity index (χ1) is 9.44. The summed E-state index contributed by atoms with van der Waals surface area (Å²) in [5.41, 5.74) is 0.523. The number of rotatable bonds is 8. The second-order valence-corrected chi connectivity index (χ2v) is 5.87. The number of nitrogens with one attached hydrogen (secondary N) is 1. The van der Waals surface area contributed by atoms with Gasteiger partial charge in [0.05, 0.1) is 0 Å². The van der Waals surface area contributed by atoms with Gasteiger partial charge in [-0.25, -0.2) is 4.57 Å². The molecule has 0 bridgehead atoms. The lowest BCUT2D eigenvalue weighted by atomic mass is 10.2. The molecule has 3 N–H and O–H groups in total. The van der Waals surface area contributed by atoms with Crippen molar-refractivity contribution in [2.45, 2.75) is 20.0 Å². The van der Waals surface area contributed by atoms with Crippen LogP contribution in [0.5, 0.6) is 0 Å². The summed E-state index contributed by atoms with van der Waals surface area (Å²) in [4.78, 5) is 42.0. The molecule has 0 saturated heterocycles. The van der Waals surface area contributed by atoms with E-state index in [4.69, 9.17) is 9.79 Å². The fourth-order valence-electron chi connectivity index (χ4n) is 1.40. The van der Waals surface area contributed by atoms with Crippen LogP contribution in [0.15, 0.2) is 24.3 Å². The third-order valence-electron chi connectivity index (χ3n) is 2.35. The van der Waals surface area contributed by atoms with Crippen molar-refractivity contribution < 1.29 is 28.5 Å². The van der Waals surface area contributed by atoms with Crippen molar-refractivity contribution in [1.29, 1.82) is 0 Å². The lowest BCUT2D eigenvalue weighted by Gasteiger charge is -2.25. The van der Waals surface area contributed by atoms with Gasteiger partial charge in [-0.2, -0.15) is 0 Å². The predicted molar refractivity (Wildman–Crippen MR) is 77.2 cm³/mol. The minimum atomic E-state index is -4.75. The molecule has 8 nitrogen and oxygen atoms in total. The summed E-state index contributed by atoms with van der Waals surface area (Å²) in [6.45, 7) is 9.64. The number of amides is 2. The molecule has 1 unspecified atom stereocenters. The average Bonchev–Trinajstić information content (AvgIpc) is 2.32. The topological polar surface area (TPSA) is 116 Å². The van der Waals surface area contributed by atoms with Gasteiger partial charge < -0.3 is 20.0 Å². The van der Waals surface area contributed by atoms with Crippen molar-refractivity contribution in [3.8, 4) is 0 Å². The number of hydrogen-bond donors (Lipinski definition) is 3. The number of nitrogens with zero attached hydrogens (tertiary/aromatic N) is 1. The summed E-state index contributed by atoms with van der Waals surface area (Å²) in [6.07, 6.45) is -1.07. The smallest absolute Gasteiger partial charge is 0.350 e. The lowest BCUT2D eigenvalue weighted by Crippen LogP contribution is -2.42. The van der Waals surface area contributed by atoms with Crippen LogP contribution in [0.4, 0.5) is 0 Å². The Kier molecular flexibility index (Phi) is 7.52. The molecule has 0 heterocycles. The Morgan fingerprint density at radius 3 is 2.19 bits per heavy atom. The lowest BCUT2D eigenvalue weighted by molar-refractivity contribution is -0.127. The van der Waals surface area contributed by atoms with E-state index in [0.29, 0.717) is 0 Å². The zero-order chi connectivity index (χ0) is 16.8. The zero-order valence-corrected chi connectivity index (χ0v) is 13.2.